The Balaban J connectivity index is 1.67. The molecule has 5 heteroatoms. The fraction of sp³-hybridized carbons (Fsp3) is 0.933. The third-order valence-electron chi connectivity index (χ3n) is 4.48. The number of nitrogens with zero attached hydrogens (tertiary/aromatic N) is 2. The van der Waals surface area contributed by atoms with Crippen LogP contribution in [-0.4, -0.2) is 75.2 Å². The van der Waals surface area contributed by atoms with Crippen molar-refractivity contribution >= 4 is 5.91 Å². The average Bonchev–Trinajstić information content (AvgIpc) is 2.87. The van der Waals surface area contributed by atoms with E-state index in [-0.39, 0.29) is 0 Å². The Morgan fingerprint density at radius 1 is 1.30 bits per heavy atom. The number of carbonyl (C=O) groups excluding carboxylic acids is 1. The van der Waals surface area contributed by atoms with E-state index in [1.165, 1.54) is 6.42 Å². The number of rotatable bonds is 6. The summed E-state index contributed by atoms with van der Waals surface area (Å²) < 4.78 is 5.13. The monoisotopic (exact) mass is 283 g/mol. The molecule has 5 nitrogen and oxygen atoms in total. The molecule has 116 valence electrons. The molecule has 2 fully saturated rings. The Morgan fingerprint density at radius 2 is 2.20 bits per heavy atom. The highest BCUT2D eigenvalue weighted by molar-refractivity contribution is 5.76. The normalized spacial score (nSPS) is 24.9. The highest BCUT2D eigenvalue weighted by Crippen LogP contribution is 2.15. The lowest BCUT2D eigenvalue weighted by atomic mass is 10.0. The number of amides is 1. The van der Waals surface area contributed by atoms with E-state index >= 15 is 0 Å². The lowest BCUT2D eigenvalue weighted by Crippen LogP contribution is -2.36. The van der Waals surface area contributed by atoms with Gasteiger partial charge >= 0.3 is 0 Å². The van der Waals surface area contributed by atoms with Crippen molar-refractivity contribution < 1.29 is 9.53 Å². The van der Waals surface area contributed by atoms with Gasteiger partial charge < -0.3 is 15.0 Å². The minimum atomic E-state index is 0.352. The summed E-state index contributed by atoms with van der Waals surface area (Å²) in [7, 11) is 1.74. The molecule has 0 spiro atoms. The smallest absolute Gasteiger partial charge is 0.222 e. The van der Waals surface area contributed by atoms with Crippen LogP contribution in [0.4, 0.5) is 0 Å². The number of hydrogen-bond donors (Lipinski definition) is 1. The van der Waals surface area contributed by atoms with Gasteiger partial charge in [0, 0.05) is 39.7 Å². The van der Waals surface area contributed by atoms with Crippen molar-refractivity contribution in [1.29, 1.82) is 0 Å². The first-order valence-corrected chi connectivity index (χ1v) is 7.99. The molecule has 0 aliphatic carbocycles. The molecular formula is C15H29N3O2. The van der Waals surface area contributed by atoms with Crippen molar-refractivity contribution in [2.24, 2.45) is 5.92 Å². The molecule has 0 radical (unpaired) electrons. The van der Waals surface area contributed by atoms with Gasteiger partial charge in [0.15, 0.2) is 0 Å². The van der Waals surface area contributed by atoms with Gasteiger partial charge in [0.2, 0.25) is 5.91 Å². The first kappa shape index (κ1) is 15.7. The SMILES string of the molecule is COCCN1CCCN(C(=O)CCC2CCNC2)CC1. The van der Waals surface area contributed by atoms with Crippen LogP contribution in [0.1, 0.15) is 25.7 Å². The fourth-order valence-corrected chi connectivity index (χ4v) is 3.11. The molecule has 0 bridgehead atoms. The molecular weight excluding hydrogens is 254 g/mol. The first-order chi connectivity index (χ1) is 9.79. The van der Waals surface area contributed by atoms with E-state index in [0.717, 1.165) is 71.7 Å². The molecule has 1 atom stereocenters. The lowest BCUT2D eigenvalue weighted by molar-refractivity contribution is -0.131. The zero-order valence-corrected chi connectivity index (χ0v) is 12.8. The molecule has 20 heavy (non-hydrogen) atoms. The molecule has 0 aromatic heterocycles. The number of nitrogens with one attached hydrogen (secondary N) is 1. The minimum Gasteiger partial charge on any atom is -0.383 e. The molecule has 2 saturated heterocycles. The van der Waals surface area contributed by atoms with Gasteiger partial charge in [0.05, 0.1) is 6.61 Å². The van der Waals surface area contributed by atoms with Gasteiger partial charge in [-0.2, -0.15) is 0 Å². The average molecular weight is 283 g/mol. The van der Waals surface area contributed by atoms with E-state index in [9.17, 15) is 4.79 Å². The Labute approximate surface area is 122 Å². The van der Waals surface area contributed by atoms with Gasteiger partial charge in [0.1, 0.15) is 0 Å². The van der Waals surface area contributed by atoms with E-state index in [1.807, 2.05) is 0 Å². The third kappa shape index (κ3) is 5.04. The summed E-state index contributed by atoms with van der Waals surface area (Å²) in [6.07, 6.45) is 4.10. The lowest BCUT2D eigenvalue weighted by Gasteiger charge is -2.22. The summed E-state index contributed by atoms with van der Waals surface area (Å²) in [6.45, 7) is 7.85. The fourth-order valence-electron chi connectivity index (χ4n) is 3.11. The molecule has 1 unspecified atom stereocenters. The van der Waals surface area contributed by atoms with Gasteiger partial charge in [-0.05, 0) is 44.8 Å². The van der Waals surface area contributed by atoms with Gasteiger partial charge in [-0.3, -0.25) is 9.69 Å². The van der Waals surface area contributed by atoms with Crippen LogP contribution in [0.2, 0.25) is 0 Å². The summed E-state index contributed by atoms with van der Waals surface area (Å²) >= 11 is 0. The molecule has 1 amide bonds. The van der Waals surface area contributed by atoms with Crippen LogP contribution in [0, 0.1) is 5.92 Å². The van der Waals surface area contributed by atoms with Crippen molar-refractivity contribution in [3.63, 3.8) is 0 Å². The zero-order chi connectivity index (χ0) is 14.2. The summed E-state index contributed by atoms with van der Waals surface area (Å²) in [4.78, 5) is 16.8. The Kier molecular flexibility index (Phi) is 6.76. The maximum absolute atomic E-state index is 12.3. The van der Waals surface area contributed by atoms with Gasteiger partial charge in [-0.25, -0.2) is 0 Å². The number of carbonyl (C=O) groups is 1. The molecule has 0 aromatic rings. The number of methoxy groups -OCH3 is 1. The Bertz CT molecular complexity index is 293. The molecule has 1 N–H and O–H groups in total. The second kappa shape index (κ2) is 8.60. The highest BCUT2D eigenvalue weighted by Gasteiger charge is 2.21. The Hall–Kier alpha value is -0.650. The first-order valence-electron chi connectivity index (χ1n) is 7.99. The van der Waals surface area contributed by atoms with Crippen molar-refractivity contribution in [3.8, 4) is 0 Å². The number of ether oxygens (including phenoxy) is 1. The topological polar surface area (TPSA) is 44.8 Å². The Morgan fingerprint density at radius 3 is 2.95 bits per heavy atom. The molecule has 2 rings (SSSR count). The summed E-state index contributed by atoms with van der Waals surface area (Å²) in [6, 6.07) is 0. The second-order valence-electron chi connectivity index (χ2n) is 5.97. The van der Waals surface area contributed by atoms with Crippen molar-refractivity contribution in [2.75, 3.05) is 59.5 Å². The van der Waals surface area contributed by atoms with Crippen LogP contribution in [0.25, 0.3) is 0 Å². The maximum Gasteiger partial charge on any atom is 0.222 e. The number of hydrogen-bond acceptors (Lipinski definition) is 4. The van der Waals surface area contributed by atoms with E-state index in [0.29, 0.717) is 11.8 Å². The predicted octanol–water partition coefficient (Wildman–Crippen LogP) is 0.557. The van der Waals surface area contributed by atoms with Crippen LogP contribution in [0.15, 0.2) is 0 Å². The summed E-state index contributed by atoms with van der Waals surface area (Å²) in [5, 5.41) is 3.37. The second-order valence-corrected chi connectivity index (χ2v) is 5.97. The standard InChI is InChI=1S/C15H29N3O2/c1-20-12-11-17-7-2-8-18(10-9-17)15(19)4-3-14-5-6-16-13-14/h14,16H,2-13H2,1H3. The van der Waals surface area contributed by atoms with Crippen molar-refractivity contribution in [1.82, 2.24) is 15.1 Å². The highest BCUT2D eigenvalue weighted by atomic mass is 16.5. The minimum absolute atomic E-state index is 0.352. The molecule has 2 aliphatic rings. The van der Waals surface area contributed by atoms with Gasteiger partial charge in [-0.1, -0.05) is 0 Å². The van der Waals surface area contributed by atoms with Crippen LogP contribution in [0.3, 0.4) is 0 Å². The summed E-state index contributed by atoms with van der Waals surface area (Å²) in [5.74, 6) is 1.06. The van der Waals surface area contributed by atoms with E-state index in [4.69, 9.17) is 4.74 Å². The van der Waals surface area contributed by atoms with E-state index in [2.05, 4.69) is 15.1 Å². The van der Waals surface area contributed by atoms with Crippen LogP contribution in [-0.2, 0) is 9.53 Å². The van der Waals surface area contributed by atoms with Crippen LogP contribution >= 0.6 is 0 Å². The molecule has 2 aliphatic heterocycles. The van der Waals surface area contributed by atoms with Crippen molar-refractivity contribution in [2.45, 2.75) is 25.7 Å². The van der Waals surface area contributed by atoms with E-state index < -0.39 is 0 Å². The summed E-state index contributed by atoms with van der Waals surface area (Å²) in [5.41, 5.74) is 0. The molecule has 2 heterocycles. The maximum atomic E-state index is 12.3. The zero-order valence-electron chi connectivity index (χ0n) is 12.8. The third-order valence-corrected chi connectivity index (χ3v) is 4.48. The van der Waals surface area contributed by atoms with Gasteiger partial charge in [0.25, 0.3) is 0 Å². The quantitative estimate of drug-likeness (QED) is 0.773. The van der Waals surface area contributed by atoms with E-state index in [1.54, 1.807) is 7.11 Å². The largest absolute Gasteiger partial charge is 0.383 e. The van der Waals surface area contributed by atoms with Crippen LogP contribution in [0.5, 0.6) is 0 Å². The van der Waals surface area contributed by atoms with Crippen LogP contribution < -0.4 is 5.32 Å². The molecule has 0 saturated carbocycles. The predicted molar refractivity (Wildman–Crippen MR) is 79.7 cm³/mol. The van der Waals surface area contributed by atoms with Crippen molar-refractivity contribution in [3.05, 3.63) is 0 Å². The van der Waals surface area contributed by atoms with Gasteiger partial charge in [-0.15, -0.1) is 0 Å². The molecule has 0 aromatic carbocycles.